The maximum atomic E-state index is 13.2. The molecule has 0 radical (unpaired) electrons. The van der Waals surface area contributed by atoms with Gasteiger partial charge < -0.3 is 15.0 Å². The molecule has 0 aliphatic carbocycles. The summed E-state index contributed by atoms with van der Waals surface area (Å²) in [5.41, 5.74) is 1.41. The van der Waals surface area contributed by atoms with Crippen LogP contribution in [0.25, 0.3) is 0 Å². The first-order valence-electron chi connectivity index (χ1n) is 10.8. The van der Waals surface area contributed by atoms with Crippen LogP contribution in [0.2, 0.25) is 0 Å². The number of ether oxygens (including phenoxy) is 1. The third-order valence-corrected chi connectivity index (χ3v) is 8.86. The highest BCUT2D eigenvalue weighted by Gasteiger charge is 2.32. The van der Waals surface area contributed by atoms with E-state index >= 15 is 0 Å². The molecule has 1 atom stereocenters. The molecule has 2 amide bonds. The number of fused-ring (bicyclic) bond motifs is 1. The van der Waals surface area contributed by atoms with Gasteiger partial charge >= 0.3 is 0 Å². The molecule has 2 heterocycles. The third-order valence-electron chi connectivity index (χ3n) is 5.64. The number of thioether (sulfide) groups is 1. The second-order valence-corrected chi connectivity index (χ2v) is 11.0. The number of hydrogen-bond acceptors (Lipinski definition) is 6. The highest BCUT2D eigenvalue weighted by Crippen LogP contribution is 2.38. The molecule has 176 valence electrons. The van der Waals surface area contributed by atoms with Crippen molar-refractivity contribution >= 4 is 39.3 Å². The predicted molar refractivity (Wildman–Crippen MR) is 127 cm³/mol. The maximum absolute atomic E-state index is 13.2. The van der Waals surface area contributed by atoms with Gasteiger partial charge in [0.1, 0.15) is 6.54 Å². The van der Waals surface area contributed by atoms with Crippen LogP contribution >= 0.6 is 11.8 Å². The van der Waals surface area contributed by atoms with E-state index in [2.05, 4.69) is 5.32 Å². The van der Waals surface area contributed by atoms with Crippen molar-refractivity contribution in [2.45, 2.75) is 23.3 Å². The molecule has 1 fully saturated rings. The van der Waals surface area contributed by atoms with Crippen molar-refractivity contribution in [1.82, 2.24) is 9.62 Å². The van der Waals surface area contributed by atoms with Gasteiger partial charge in [-0.05, 0) is 23.8 Å². The number of nitrogens with zero attached hydrogens (tertiary/aromatic N) is 2. The minimum Gasteiger partial charge on any atom is -0.379 e. The number of sulfonamides is 1. The van der Waals surface area contributed by atoms with Crippen LogP contribution in [0.3, 0.4) is 0 Å². The SMILES string of the molecule is C[C@H]1CSc2ccc(S(=O)(=O)N3CCOCC3)cc2N(CC(=O)NCc2ccccc2)C1=O. The zero-order valence-electron chi connectivity index (χ0n) is 18.4. The summed E-state index contributed by atoms with van der Waals surface area (Å²) in [5.74, 6) is -0.247. The molecule has 33 heavy (non-hydrogen) atoms. The summed E-state index contributed by atoms with van der Waals surface area (Å²) in [7, 11) is -3.73. The molecule has 0 spiro atoms. The number of hydrogen-bond donors (Lipinski definition) is 1. The molecule has 0 bridgehead atoms. The lowest BCUT2D eigenvalue weighted by Gasteiger charge is -2.27. The van der Waals surface area contributed by atoms with Crippen molar-refractivity contribution in [3.05, 3.63) is 54.1 Å². The van der Waals surface area contributed by atoms with Crippen molar-refractivity contribution in [3.8, 4) is 0 Å². The van der Waals surface area contributed by atoms with Gasteiger partial charge in [-0.3, -0.25) is 9.59 Å². The maximum Gasteiger partial charge on any atom is 0.243 e. The highest BCUT2D eigenvalue weighted by molar-refractivity contribution is 7.99. The zero-order valence-corrected chi connectivity index (χ0v) is 20.0. The summed E-state index contributed by atoms with van der Waals surface area (Å²) in [5, 5.41) is 2.85. The van der Waals surface area contributed by atoms with Crippen molar-refractivity contribution in [2.24, 2.45) is 5.92 Å². The van der Waals surface area contributed by atoms with Crippen molar-refractivity contribution in [2.75, 3.05) is 43.5 Å². The van der Waals surface area contributed by atoms with Gasteiger partial charge in [-0.15, -0.1) is 11.8 Å². The largest absolute Gasteiger partial charge is 0.379 e. The van der Waals surface area contributed by atoms with Crippen LogP contribution in [0.15, 0.2) is 58.3 Å². The summed E-state index contributed by atoms with van der Waals surface area (Å²) < 4.78 is 33.0. The summed E-state index contributed by atoms with van der Waals surface area (Å²) >= 11 is 1.49. The molecule has 2 aliphatic rings. The molecule has 0 unspecified atom stereocenters. The van der Waals surface area contributed by atoms with Crippen LogP contribution in [0.1, 0.15) is 12.5 Å². The fraction of sp³-hybridized carbons (Fsp3) is 0.391. The van der Waals surface area contributed by atoms with E-state index in [4.69, 9.17) is 4.74 Å². The molecule has 2 aromatic rings. The number of carbonyl (C=O) groups excluding carboxylic acids is 2. The number of nitrogens with one attached hydrogen (secondary N) is 1. The van der Waals surface area contributed by atoms with Crippen molar-refractivity contribution < 1.29 is 22.7 Å². The Balaban J connectivity index is 1.59. The molecular formula is C23H27N3O5S2. The Morgan fingerprint density at radius 1 is 1.15 bits per heavy atom. The summed E-state index contributed by atoms with van der Waals surface area (Å²) in [4.78, 5) is 28.2. The number of morpholine rings is 1. The second kappa shape index (κ2) is 10.3. The van der Waals surface area contributed by atoms with E-state index in [1.54, 1.807) is 12.1 Å². The van der Waals surface area contributed by atoms with Crippen molar-refractivity contribution in [1.29, 1.82) is 0 Å². The van der Waals surface area contributed by atoms with Gasteiger partial charge in [0.2, 0.25) is 21.8 Å². The molecule has 4 rings (SSSR count). The fourth-order valence-electron chi connectivity index (χ4n) is 3.76. The zero-order chi connectivity index (χ0) is 23.4. The van der Waals surface area contributed by atoms with Gasteiger partial charge in [-0.25, -0.2) is 8.42 Å². The van der Waals surface area contributed by atoms with Gasteiger partial charge in [0.05, 0.1) is 23.8 Å². The topological polar surface area (TPSA) is 96.0 Å². The first kappa shape index (κ1) is 23.7. The van der Waals surface area contributed by atoms with E-state index in [0.717, 1.165) is 10.5 Å². The van der Waals surface area contributed by atoms with Crippen LogP contribution in [0.5, 0.6) is 0 Å². The van der Waals surface area contributed by atoms with E-state index in [-0.39, 0.29) is 42.3 Å². The summed E-state index contributed by atoms with van der Waals surface area (Å²) in [6.45, 7) is 3.27. The summed E-state index contributed by atoms with van der Waals surface area (Å²) in [6, 6.07) is 14.3. The lowest BCUT2D eigenvalue weighted by Crippen LogP contribution is -2.43. The van der Waals surface area contributed by atoms with Gasteiger partial charge in [0.15, 0.2) is 0 Å². The standard InChI is InChI=1S/C23H27N3O5S2/c1-17-16-32-21-8-7-19(33(29,30)25-9-11-31-12-10-25)13-20(21)26(23(17)28)15-22(27)24-14-18-5-3-2-4-6-18/h2-8,13,17H,9-12,14-16H2,1H3,(H,24,27)/t17-/m0/s1. The monoisotopic (exact) mass is 489 g/mol. The Hall–Kier alpha value is -2.40. The molecule has 2 aliphatic heterocycles. The van der Waals surface area contributed by atoms with Crippen LogP contribution in [-0.4, -0.2) is 63.1 Å². The van der Waals surface area contributed by atoms with E-state index in [1.807, 2.05) is 37.3 Å². The van der Waals surface area contributed by atoms with E-state index in [9.17, 15) is 18.0 Å². The molecule has 2 aromatic carbocycles. The number of amides is 2. The summed E-state index contributed by atoms with van der Waals surface area (Å²) in [6.07, 6.45) is 0. The molecule has 1 N–H and O–H groups in total. The normalized spacial score (nSPS) is 19.6. The Labute approximate surface area is 198 Å². The number of anilines is 1. The highest BCUT2D eigenvalue weighted by atomic mass is 32.2. The van der Waals surface area contributed by atoms with E-state index in [0.29, 0.717) is 31.2 Å². The minimum atomic E-state index is -3.73. The molecule has 8 nitrogen and oxygen atoms in total. The van der Waals surface area contributed by atoms with Crippen molar-refractivity contribution in [3.63, 3.8) is 0 Å². The second-order valence-electron chi connectivity index (χ2n) is 8.04. The third kappa shape index (κ3) is 5.40. The molecule has 0 aromatic heterocycles. The lowest BCUT2D eigenvalue weighted by molar-refractivity contribution is -0.125. The quantitative estimate of drug-likeness (QED) is 0.668. The smallest absolute Gasteiger partial charge is 0.243 e. The average Bonchev–Trinajstić information content (AvgIpc) is 2.95. The Morgan fingerprint density at radius 3 is 2.61 bits per heavy atom. The van der Waals surface area contributed by atoms with Crippen LogP contribution in [0.4, 0.5) is 5.69 Å². The number of rotatable bonds is 6. The minimum absolute atomic E-state index is 0.112. The van der Waals surface area contributed by atoms with E-state index < -0.39 is 10.0 Å². The first-order valence-corrected chi connectivity index (χ1v) is 13.3. The fourth-order valence-corrected chi connectivity index (χ4v) is 6.24. The molecule has 10 heteroatoms. The van der Waals surface area contributed by atoms with E-state index in [1.165, 1.54) is 27.0 Å². The predicted octanol–water partition coefficient (Wildman–Crippen LogP) is 2.10. The van der Waals surface area contributed by atoms with Gasteiger partial charge in [-0.1, -0.05) is 37.3 Å². The van der Waals surface area contributed by atoms with Crippen LogP contribution in [0, 0.1) is 5.92 Å². The molecule has 1 saturated heterocycles. The average molecular weight is 490 g/mol. The Kier molecular flexibility index (Phi) is 7.38. The first-order chi connectivity index (χ1) is 15.9. The number of benzene rings is 2. The van der Waals surface area contributed by atoms with Crippen LogP contribution < -0.4 is 10.2 Å². The Bertz CT molecular complexity index is 1120. The number of carbonyl (C=O) groups is 2. The van der Waals surface area contributed by atoms with Crippen LogP contribution in [-0.2, 0) is 30.9 Å². The molecular weight excluding hydrogens is 462 g/mol. The van der Waals surface area contributed by atoms with Gasteiger partial charge in [0.25, 0.3) is 0 Å². The van der Waals surface area contributed by atoms with Gasteiger partial charge in [-0.2, -0.15) is 4.31 Å². The van der Waals surface area contributed by atoms with Gasteiger partial charge in [0, 0.05) is 36.2 Å². The lowest BCUT2D eigenvalue weighted by atomic mass is 10.1. The Morgan fingerprint density at radius 2 is 1.88 bits per heavy atom. The molecule has 0 saturated carbocycles.